The highest BCUT2D eigenvalue weighted by Gasteiger charge is 2.32. The molecule has 2 rings (SSSR count). The lowest BCUT2D eigenvalue weighted by molar-refractivity contribution is -0.131. The van der Waals surface area contributed by atoms with Gasteiger partial charge >= 0.3 is 0 Å². The van der Waals surface area contributed by atoms with E-state index in [1.54, 1.807) is 4.90 Å². The van der Waals surface area contributed by atoms with Crippen molar-refractivity contribution < 1.29 is 18.3 Å². The van der Waals surface area contributed by atoms with Gasteiger partial charge < -0.3 is 10.0 Å². The predicted molar refractivity (Wildman–Crippen MR) is 58.6 cm³/mol. The molecule has 2 heterocycles. The lowest BCUT2D eigenvalue weighted by atomic mass is 10.0. The van der Waals surface area contributed by atoms with Crippen LogP contribution in [-0.2, 0) is 14.6 Å². The zero-order valence-corrected chi connectivity index (χ0v) is 9.95. The van der Waals surface area contributed by atoms with E-state index in [0.717, 1.165) is 0 Å². The molecule has 2 atom stereocenters. The molecule has 2 aliphatic rings. The third-order valence-corrected chi connectivity index (χ3v) is 5.14. The van der Waals surface area contributed by atoms with Crippen molar-refractivity contribution in [3.8, 4) is 0 Å². The SMILES string of the molecule is O=C(CC1CCS(=O)(=O)C1)N1CCC(O)C1. The van der Waals surface area contributed by atoms with Crippen LogP contribution in [0, 0.1) is 5.92 Å². The zero-order valence-electron chi connectivity index (χ0n) is 9.13. The number of likely N-dealkylation sites (tertiary alicyclic amines) is 1. The summed E-state index contributed by atoms with van der Waals surface area (Å²) in [6.07, 6.45) is 1.14. The molecule has 0 aromatic carbocycles. The van der Waals surface area contributed by atoms with Crippen molar-refractivity contribution in [2.24, 2.45) is 5.92 Å². The van der Waals surface area contributed by atoms with Crippen LogP contribution in [0.1, 0.15) is 19.3 Å². The molecular weight excluding hydrogens is 230 g/mol. The second-order valence-corrected chi connectivity index (χ2v) is 6.98. The Labute approximate surface area is 95.4 Å². The van der Waals surface area contributed by atoms with Crippen molar-refractivity contribution in [3.05, 3.63) is 0 Å². The number of rotatable bonds is 2. The first kappa shape index (κ1) is 11.9. The number of carbonyl (C=O) groups excluding carboxylic acids is 1. The van der Waals surface area contributed by atoms with E-state index in [-0.39, 0.29) is 23.3 Å². The monoisotopic (exact) mass is 247 g/mol. The third-order valence-electron chi connectivity index (χ3n) is 3.31. The van der Waals surface area contributed by atoms with Gasteiger partial charge in [0.2, 0.25) is 5.91 Å². The van der Waals surface area contributed by atoms with Gasteiger partial charge in [0.15, 0.2) is 9.84 Å². The molecule has 0 aromatic heterocycles. The van der Waals surface area contributed by atoms with Crippen LogP contribution in [0.15, 0.2) is 0 Å². The molecule has 6 heteroatoms. The summed E-state index contributed by atoms with van der Waals surface area (Å²) in [5.41, 5.74) is 0. The Kier molecular flexibility index (Phi) is 3.21. The quantitative estimate of drug-likeness (QED) is 0.707. The predicted octanol–water partition coefficient (Wildman–Crippen LogP) is -0.596. The van der Waals surface area contributed by atoms with E-state index < -0.39 is 15.9 Å². The summed E-state index contributed by atoms with van der Waals surface area (Å²) in [5, 5.41) is 9.30. The fourth-order valence-corrected chi connectivity index (χ4v) is 4.24. The van der Waals surface area contributed by atoms with Crippen LogP contribution >= 0.6 is 0 Å². The number of aliphatic hydroxyl groups excluding tert-OH is 1. The average Bonchev–Trinajstić information content (AvgIpc) is 2.73. The summed E-state index contributed by atoms with van der Waals surface area (Å²) in [4.78, 5) is 13.4. The Bertz CT molecular complexity index is 378. The van der Waals surface area contributed by atoms with Crippen molar-refractivity contribution >= 4 is 15.7 Å². The summed E-state index contributed by atoms with van der Waals surface area (Å²) in [5.74, 6) is 0.330. The summed E-state index contributed by atoms with van der Waals surface area (Å²) >= 11 is 0. The lowest BCUT2D eigenvalue weighted by Gasteiger charge is -2.17. The molecule has 16 heavy (non-hydrogen) atoms. The summed E-state index contributed by atoms with van der Waals surface area (Å²) in [7, 11) is -2.90. The molecule has 0 spiro atoms. The molecule has 0 saturated carbocycles. The molecule has 0 bridgehead atoms. The van der Waals surface area contributed by atoms with Crippen molar-refractivity contribution in [1.29, 1.82) is 0 Å². The maximum absolute atomic E-state index is 11.8. The molecule has 2 unspecified atom stereocenters. The van der Waals surface area contributed by atoms with Gasteiger partial charge in [-0.1, -0.05) is 0 Å². The van der Waals surface area contributed by atoms with Gasteiger partial charge in [0.05, 0.1) is 17.6 Å². The van der Waals surface area contributed by atoms with Crippen LogP contribution in [0.2, 0.25) is 0 Å². The van der Waals surface area contributed by atoms with Crippen molar-refractivity contribution in [1.82, 2.24) is 4.90 Å². The first-order valence-corrected chi connectivity index (χ1v) is 7.45. The Morgan fingerprint density at radius 1 is 1.38 bits per heavy atom. The average molecular weight is 247 g/mol. The zero-order chi connectivity index (χ0) is 11.8. The molecule has 1 amide bonds. The number of nitrogens with zero attached hydrogens (tertiary/aromatic N) is 1. The number of aliphatic hydroxyl groups is 1. The first-order valence-electron chi connectivity index (χ1n) is 5.62. The highest BCUT2D eigenvalue weighted by Crippen LogP contribution is 2.23. The van der Waals surface area contributed by atoms with Crippen LogP contribution < -0.4 is 0 Å². The molecular formula is C10H17NO4S. The maximum atomic E-state index is 11.8. The molecule has 2 fully saturated rings. The van der Waals surface area contributed by atoms with Gasteiger partial charge in [-0.15, -0.1) is 0 Å². The van der Waals surface area contributed by atoms with E-state index in [2.05, 4.69) is 0 Å². The van der Waals surface area contributed by atoms with E-state index in [1.165, 1.54) is 0 Å². The minimum Gasteiger partial charge on any atom is -0.391 e. The number of β-amino-alcohol motifs (C(OH)–C–C–N with tert-alkyl or cyclic N) is 1. The van der Waals surface area contributed by atoms with Gasteiger partial charge in [-0.05, 0) is 18.8 Å². The van der Waals surface area contributed by atoms with Gasteiger partial charge in [0, 0.05) is 19.5 Å². The second kappa shape index (κ2) is 4.33. The largest absolute Gasteiger partial charge is 0.391 e. The highest BCUT2D eigenvalue weighted by atomic mass is 32.2. The summed E-state index contributed by atoms with van der Waals surface area (Å²) in [6, 6.07) is 0. The molecule has 5 nitrogen and oxygen atoms in total. The molecule has 0 aliphatic carbocycles. The Balaban J connectivity index is 1.84. The molecule has 2 aliphatic heterocycles. The van der Waals surface area contributed by atoms with E-state index in [4.69, 9.17) is 0 Å². The number of sulfone groups is 1. The normalized spacial score (nSPS) is 33.2. The van der Waals surface area contributed by atoms with Gasteiger partial charge in [-0.3, -0.25) is 4.79 Å². The van der Waals surface area contributed by atoms with E-state index >= 15 is 0 Å². The molecule has 1 N–H and O–H groups in total. The van der Waals surface area contributed by atoms with Crippen LogP contribution in [-0.4, -0.2) is 55.0 Å². The highest BCUT2D eigenvalue weighted by molar-refractivity contribution is 7.91. The van der Waals surface area contributed by atoms with Crippen LogP contribution in [0.25, 0.3) is 0 Å². The van der Waals surface area contributed by atoms with Gasteiger partial charge in [0.25, 0.3) is 0 Å². The Morgan fingerprint density at radius 3 is 2.62 bits per heavy atom. The minimum absolute atomic E-state index is 0.0151. The number of amides is 1. The van der Waals surface area contributed by atoms with Crippen LogP contribution in [0.3, 0.4) is 0 Å². The standard InChI is InChI=1S/C10H17NO4S/c12-9-1-3-11(6-9)10(13)5-8-2-4-16(14,15)7-8/h8-9,12H,1-7H2. The fourth-order valence-electron chi connectivity index (χ4n) is 2.38. The third kappa shape index (κ3) is 2.74. The fraction of sp³-hybridized carbons (Fsp3) is 0.900. The van der Waals surface area contributed by atoms with Crippen molar-refractivity contribution in [2.75, 3.05) is 24.6 Å². The van der Waals surface area contributed by atoms with Crippen molar-refractivity contribution in [3.63, 3.8) is 0 Å². The smallest absolute Gasteiger partial charge is 0.222 e. The lowest BCUT2D eigenvalue weighted by Crippen LogP contribution is -2.31. The van der Waals surface area contributed by atoms with Crippen LogP contribution in [0.4, 0.5) is 0 Å². The molecule has 92 valence electrons. The minimum atomic E-state index is -2.90. The number of carbonyl (C=O) groups is 1. The maximum Gasteiger partial charge on any atom is 0.222 e. The summed E-state index contributed by atoms with van der Waals surface area (Å²) in [6.45, 7) is 0.998. The topological polar surface area (TPSA) is 74.7 Å². The molecule has 0 radical (unpaired) electrons. The van der Waals surface area contributed by atoms with Crippen molar-refractivity contribution in [2.45, 2.75) is 25.4 Å². The molecule has 2 saturated heterocycles. The molecule has 0 aromatic rings. The number of hydrogen-bond acceptors (Lipinski definition) is 4. The van der Waals surface area contributed by atoms with E-state index in [9.17, 15) is 18.3 Å². The Morgan fingerprint density at radius 2 is 2.12 bits per heavy atom. The van der Waals surface area contributed by atoms with Gasteiger partial charge in [0.1, 0.15) is 0 Å². The van der Waals surface area contributed by atoms with Crippen LogP contribution in [0.5, 0.6) is 0 Å². The van der Waals surface area contributed by atoms with Gasteiger partial charge in [-0.25, -0.2) is 8.42 Å². The van der Waals surface area contributed by atoms with E-state index in [1.807, 2.05) is 0 Å². The second-order valence-electron chi connectivity index (χ2n) is 4.76. The van der Waals surface area contributed by atoms with E-state index in [0.29, 0.717) is 32.4 Å². The van der Waals surface area contributed by atoms with Gasteiger partial charge in [-0.2, -0.15) is 0 Å². The summed E-state index contributed by atoms with van der Waals surface area (Å²) < 4.78 is 22.5. The number of hydrogen-bond donors (Lipinski definition) is 1. The Hall–Kier alpha value is -0.620. The first-order chi connectivity index (χ1) is 7.46.